The summed E-state index contributed by atoms with van der Waals surface area (Å²) in [6.07, 6.45) is 2.08. The van der Waals surface area contributed by atoms with Crippen LogP contribution in [0.5, 0.6) is 0 Å². The van der Waals surface area contributed by atoms with Gasteiger partial charge in [-0.15, -0.1) is 12.4 Å². The van der Waals surface area contributed by atoms with Gasteiger partial charge in [0.15, 0.2) is 5.82 Å². The largest absolute Gasteiger partial charge is 0.337 e. The van der Waals surface area contributed by atoms with E-state index in [9.17, 15) is 4.79 Å². The first kappa shape index (κ1) is 20.1. The van der Waals surface area contributed by atoms with Gasteiger partial charge in [-0.25, -0.2) is 9.67 Å². The fourth-order valence-electron chi connectivity index (χ4n) is 4.13. The molecule has 27 heavy (non-hydrogen) atoms. The molecule has 0 unspecified atom stereocenters. The number of hydrogen-bond acceptors (Lipinski definition) is 4. The Kier molecular flexibility index (Phi) is 6.08. The highest BCUT2D eigenvalue weighted by molar-refractivity contribution is 6.33. The number of likely N-dealkylation sites (tertiary alicyclic amines) is 1. The molecule has 0 radical (unpaired) electrons. The summed E-state index contributed by atoms with van der Waals surface area (Å²) in [5, 5.41) is 8.31. The molecule has 0 aromatic carbocycles. The number of aromatic nitrogens is 3. The van der Waals surface area contributed by atoms with Gasteiger partial charge < -0.3 is 10.2 Å². The molecule has 6 nitrogen and oxygen atoms in total. The minimum atomic E-state index is -0.0775. The molecule has 2 fully saturated rings. The van der Waals surface area contributed by atoms with E-state index in [1.165, 1.54) is 0 Å². The Morgan fingerprint density at radius 1 is 1.19 bits per heavy atom. The highest BCUT2D eigenvalue weighted by Crippen LogP contribution is 2.28. The van der Waals surface area contributed by atoms with Crippen molar-refractivity contribution in [2.45, 2.75) is 26.7 Å². The Morgan fingerprint density at radius 3 is 2.44 bits per heavy atom. The monoisotopic (exact) mass is 409 g/mol. The Balaban J connectivity index is 0.00000210. The SMILES string of the molecule is Cc1cc(C)n(-c2ccc(Cl)c(C(=O)N3CC[C@@H]4CNC[C@@H]4CC3)n2)n1.Cl. The maximum absolute atomic E-state index is 13.1. The molecule has 2 atom stereocenters. The van der Waals surface area contributed by atoms with Gasteiger partial charge in [-0.05, 0) is 69.8 Å². The molecule has 0 spiro atoms. The van der Waals surface area contributed by atoms with Crippen LogP contribution in [-0.2, 0) is 0 Å². The van der Waals surface area contributed by atoms with Crippen LogP contribution in [0, 0.1) is 25.7 Å². The van der Waals surface area contributed by atoms with Crippen LogP contribution in [0.1, 0.15) is 34.7 Å². The van der Waals surface area contributed by atoms with Crippen molar-refractivity contribution in [3.05, 3.63) is 40.3 Å². The minimum Gasteiger partial charge on any atom is -0.337 e. The summed E-state index contributed by atoms with van der Waals surface area (Å²) in [5.74, 6) is 1.90. The molecule has 0 bridgehead atoms. The van der Waals surface area contributed by atoms with E-state index in [2.05, 4.69) is 15.4 Å². The fourth-order valence-corrected chi connectivity index (χ4v) is 4.32. The Hall–Kier alpha value is -1.63. The third-order valence-electron chi connectivity index (χ3n) is 5.57. The number of halogens is 2. The molecule has 2 aliphatic rings. The predicted molar refractivity (Wildman–Crippen MR) is 108 cm³/mol. The van der Waals surface area contributed by atoms with Crippen LogP contribution in [0.25, 0.3) is 5.82 Å². The average Bonchev–Trinajstić information content (AvgIpc) is 3.15. The van der Waals surface area contributed by atoms with Crippen molar-refractivity contribution in [1.29, 1.82) is 0 Å². The molecular weight excluding hydrogens is 385 g/mol. The van der Waals surface area contributed by atoms with Crippen molar-refractivity contribution in [2.24, 2.45) is 11.8 Å². The van der Waals surface area contributed by atoms with E-state index in [1.807, 2.05) is 24.8 Å². The zero-order chi connectivity index (χ0) is 18.3. The number of pyridine rings is 1. The molecule has 1 N–H and O–H groups in total. The van der Waals surface area contributed by atoms with Crippen LogP contribution in [0.4, 0.5) is 0 Å². The molecule has 2 aliphatic heterocycles. The van der Waals surface area contributed by atoms with Gasteiger partial charge in [0.2, 0.25) is 0 Å². The van der Waals surface area contributed by atoms with Crippen molar-refractivity contribution < 1.29 is 4.79 Å². The highest BCUT2D eigenvalue weighted by atomic mass is 35.5. The lowest BCUT2D eigenvalue weighted by Crippen LogP contribution is -2.33. The minimum absolute atomic E-state index is 0. The first-order chi connectivity index (χ1) is 12.5. The molecule has 2 aromatic heterocycles. The van der Waals surface area contributed by atoms with Crippen molar-refractivity contribution >= 4 is 29.9 Å². The molecular formula is C19H25Cl2N5O. The van der Waals surface area contributed by atoms with Crippen molar-refractivity contribution in [1.82, 2.24) is 25.0 Å². The summed E-state index contributed by atoms with van der Waals surface area (Å²) >= 11 is 6.33. The molecule has 4 rings (SSSR count). The lowest BCUT2D eigenvalue weighted by molar-refractivity contribution is 0.0752. The van der Waals surface area contributed by atoms with Crippen LogP contribution in [-0.4, -0.2) is 51.8 Å². The third kappa shape index (κ3) is 3.98. The summed E-state index contributed by atoms with van der Waals surface area (Å²) in [5.41, 5.74) is 2.22. The second kappa shape index (κ2) is 8.17. The van der Waals surface area contributed by atoms with Gasteiger partial charge in [0.25, 0.3) is 5.91 Å². The van der Waals surface area contributed by atoms with E-state index in [1.54, 1.807) is 16.8 Å². The zero-order valence-corrected chi connectivity index (χ0v) is 17.2. The number of carbonyl (C=O) groups is 1. The predicted octanol–water partition coefficient (Wildman–Crippen LogP) is 3.03. The summed E-state index contributed by atoms with van der Waals surface area (Å²) in [6, 6.07) is 5.53. The quantitative estimate of drug-likeness (QED) is 0.827. The number of nitrogens with zero attached hydrogens (tertiary/aromatic N) is 4. The van der Waals surface area contributed by atoms with Gasteiger partial charge in [0.1, 0.15) is 5.69 Å². The van der Waals surface area contributed by atoms with Gasteiger partial charge in [-0.1, -0.05) is 11.6 Å². The lowest BCUT2D eigenvalue weighted by Gasteiger charge is -2.21. The molecule has 1 amide bonds. The number of carbonyl (C=O) groups excluding carboxylic acids is 1. The van der Waals surface area contributed by atoms with E-state index in [-0.39, 0.29) is 18.3 Å². The third-order valence-corrected chi connectivity index (χ3v) is 5.87. The number of nitrogens with one attached hydrogen (secondary N) is 1. The Bertz CT molecular complexity index is 824. The standard InChI is InChI=1S/C19H24ClN5O.ClH/c1-12-9-13(2)25(23-12)17-4-3-16(20)18(22-17)19(26)24-7-5-14-10-21-11-15(14)6-8-24;/h3-4,9,14-15,21H,5-8,10-11H2,1-2H3;1H/t14-,15+;. The first-order valence-electron chi connectivity index (χ1n) is 9.23. The second-order valence-electron chi connectivity index (χ2n) is 7.39. The molecule has 0 saturated carbocycles. The first-order valence-corrected chi connectivity index (χ1v) is 9.61. The zero-order valence-electron chi connectivity index (χ0n) is 15.6. The van der Waals surface area contributed by atoms with Crippen LogP contribution in [0.3, 0.4) is 0 Å². The molecule has 2 aromatic rings. The fraction of sp³-hybridized carbons (Fsp3) is 0.526. The topological polar surface area (TPSA) is 63.1 Å². The number of rotatable bonds is 2. The summed E-state index contributed by atoms with van der Waals surface area (Å²) in [7, 11) is 0. The van der Waals surface area contributed by atoms with Gasteiger partial charge in [-0.2, -0.15) is 5.10 Å². The van der Waals surface area contributed by atoms with Gasteiger partial charge >= 0.3 is 0 Å². The van der Waals surface area contributed by atoms with Gasteiger partial charge in [0, 0.05) is 18.8 Å². The van der Waals surface area contributed by atoms with E-state index in [0.717, 1.165) is 50.4 Å². The second-order valence-corrected chi connectivity index (χ2v) is 7.79. The molecule has 2 saturated heterocycles. The number of aryl methyl sites for hydroxylation is 2. The highest BCUT2D eigenvalue weighted by Gasteiger charge is 2.32. The summed E-state index contributed by atoms with van der Waals surface area (Å²) in [4.78, 5) is 19.6. The van der Waals surface area contributed by atoms with E-state index < -0.39 is 0 Å². The van der Waals surface area contributed by atoms with Crippen molar-refractivity contribution in [3.63, 3.8) is 0 Å². The smallest absolute Gasteiger partial charge is 0.274 e. The average molecular weight is 410 g/mol. The number of hydrogen-bond donors (Lipinski definition) is 1. The molecule has 4 heterocycles. The van der Waals surface area contributed by atoms with Crippen LogP contribution in [0.15, 0.2) is 18.2 Å². The van der Waals surface area contributed by atoms with E-state index in [0.29, 0.717) is 28.4 Å². The Morgan fingerprint density at radius 2 is 1.85 bits per heavy atom. The molecule has 0 aliphatic carbocycles. The van der Waals surface area contributed by atoms with Gasteiger partial charge in [0.05, 0.1) is 10.7 Å². The number of fused-ring (bicyclic) bond motifs is 1. The van der Waals surface area contributed by atoms with Crippen LogP contribution in [0.2, 0.25) is 5.02 Å². The maximum Gasteiger partial charge on any atom is 0.274 e. The normalized spacial score (nSPS) is 22.1. The molecule has 146 valence electrons. The summed E-state index contributed by atoms with van der Waals surface area (Å²) < 4.78 is 1.75. The molecule has 8 heteroatoms. The summed E-state index contributed by atoms with van der Waals surface area (Å²) in [6.45, 7) is 7.58. The van der Waals surface area contributed by atoms with Crippen molar-refractivity contribution in [3.8, 4) is 5.82 Å². The maximum atomic E-state index is 13.1. The van der Waals surface area contributed by atoms with Crippen LogP contribution < -0.4 is 5.32 Å². The van der Waals surface area contributed by atoms with E-state index in [4.69, 9.17) is 11.6 Å². The Labute approximate surface area is 170 Å². The van der Waals surface area contributed by atoms with Crippen LogP contribution >= 0.6 is 24.0 Å². The van der Waals surface area contributed by atoms with Crippen molar-refractivity contribution in [2.75, 3.05) is 26.2 Å². The van der Waals surface area contributed by atoms with E-state index >= 15 is 0 Å². The number of amides is 1. The van der Waals surface area contributed by atoms with Gasteiger partial charge in [-0.3, -0.25) is 4.79 Å². The lowest BCUT2D eigenvalue weighted by atomic mass is 9.92.